The van der Waals surface area contributed by atoms with Gasteiger partial charge in [0.05, 0.1) is 0 Å². The number of aryl methyl sites for hydroxylation is 4. The van der Waals surface area contributed by atoms with Crippen molar-refractivity contribution in [3.63, 3.8) is 0 Å². The van der Waals surface area contributed by atoms with Crippen LogP contribution in [-0.4, -0.2) is 25.3 Å². The molecule has 0 saturated heterocycles. The molecular formula is C37H47NO4Ti. The molecule has 43 heavy (non-hydrogen) atoms. The topological polar surface area (TPSA) is 84.2 Å². The van der Waals surface area contributed by atoms with Gasteiger partial charge >= 0.3 is 0 Å². The van der Waals surface area contributed by atoms with Crippen molar-refractivity contribution in [1.29, 1.82) is 0 Å². The van der Waals surface area contributed by atoms with E-state index in [0.717, 1.165) is 50.1 Å². The van der Waals surface area contributed by atoms with E-state index < -0.39 is 0 Å². The molecule has 0 saturated carbocycles. The van der Waals surface area contributed by atoms with Crippen LogP contribution >= 0.6 is 0 Å². The van der Waals surface area contributed by atoms with Gasteiger partial charge in [-0.2, -0.15) is 0 Å². The number of aromatic hydroxyl groups is 4. The first-order valence-electron chi connectivity index (χ1n) is 14.7. The zero-order valence-electron chi connectivity index (χ0n) is 26.9. The largest absolute Gasteiger partial charge is 0.508 e. The first-order valence-corrected chi connectivity index (χ1v) is 14.7. The Kier molecular flexibility index (Phi) is 13.4. The molecule has 4 aromatic carbocycles. The van der Waals surface area contributed by atoms with E-state index in [1.807, 2.05) is 82.3 Å². The predicted octanol–water partition coefficient (Wildman–Crippen LogP) is 8.88. The monoisotopic (exact) mass is 617 g/mol. The maximum atomic E-state index is 10.6. The third kappa shape index (κ3) is 9.62. The Bertz CT molecular complexity index is 1430. The molecule has 0 aliphatic heterocycles. The maximum Gasteiger partial charge on any atom is 0.122 e. The molecule has 0 amide bonds. The van der Waals surface area contributed by atoms with E-state index in [2.05, 4.69) is 32.6 Å². The Labute approximate surface area is 272 Å². The molecule has 5 nitrogen and oxygen atoms in total. The Balaban J connectivity index is 0.000000388. The standard InChI is InChI=1S/C25H29NO3.C12H18O.Ti/c1-16-9-18(3)24(28)21(11-16)14-26(13-20-7-5-6-8-23(20)27)15-22-12-17(2)10-19(4)25(22)29;1-8(2)10-6-5-7-11(9(3)4)12(10)13;/h5-12,27-29H,13-15H2,1-4H3;5-9,13H,1-4H3;. The average molecular weight is 618 g/mol. The van der Waals surface area contributed by atoms with E-state index in [0.29, 0.717) is 48.7 Å². The minimum Gasteiger partial charge on any atom is -0.508 e. The molecule has 0 fully saturated rings. The number of hydrogen-bond donors (Lipinski definition) is 4. The fourth-order valence-corrected chi connectivity index (χ4v) is 5.38. The molecule has 0 unspecified atom stereocenters. The van der Waals surface area contributed by atoms with Crippen LogP contribution in [0.1, 0.15) is 89.6 Å². The van der Waals surface area contributed by atoms with Crippen LogP contribution < -0.4 is 0 Å². The van der Waals surface area contributed by atoms with E-state index in [1.54, 1.807) is 12.1 Å². The van der Waals surface area contributed by atoms with Crippen LogP contribution in [0, 0.1) is 27.7 Å². The van der Waals surface area contributed by atoms with Crippen molar-refractivity contribution in [1.82, 2.24) is 4.90 Å². The minimum absolute atomic E-state index is 0. The Morgan fingerprint density at radius 1 is 0.535 bits per heavy atom. The van der Waals surface area contributed by atoms with Crippen LogP contribution in [0.25, 0.3) is 0 Å². The number of para-hydroxylation sites is 2. The van der Waals surface area contributed by atoms with Gasteiger partial charge in [-0.3, -0.25) is 4.90 Å². The zero-order valence-corrected chi connectivity index (χ0v) is 28.4. The summed E-state index contributed by atoms with van der Waals surface area (Å²) >= 11 is 0. The third-order valence-electron chi connectivity index (χ3n) is 7.56. The summed E-state index contributed by atoms with van der Waals surface area (Å²) in [6, 6.07) is 21.2. The van der Waals surface area contributed by atoms with E-state index in [-0.39, 0.29) is 27.5 Å². The molecule has 4 aromatic rings. The summed E-state index contributed by atoms with van der Waals surface area (Å²) in [6.45, 7) is 17.7. The van der Waals surface area contributed by atoms with Gasteiger partial charge in [0.25, 0.3) is 0 Å². The molecule has 0 radical (unpaired) electrons. The molecule has 0 heterocycles. The summed E-state index contributed by atoms with van der Waals surface area (Å²) < 4.78 is 0. The van der Waals surface area contributed by atoms with Gasteiger partial charge in [0, 0.05) is 58.0 Å². The molecule has 0 atom stereocenters. The minimum atomic E-state index is 0. The second kappa shape index (κ2) is 16.0. The van der Waals surface area contributed by atoms with Crippen LogP contribution in [0.3, 0.4) is 0 Å². The van der Waals surface area contributed by atoms with E-state index >= 15 is 0 Å². The smallest absolute Gasteiger partial charge is 0.122 e. The molecule has 6 heteroatoms. The third-order valence-corrected chi connectivity index (χ3v) is 7.56. The van der Waals surface area contributed by atoms with Gasteiger partial charge in [0.2, 0.25) is 0 Å². The van der Waals surface area contributed by atoms with Crippen molar-refractivity contribution in [2.75, 3.05) is 0 Å². The van der Waals surface area contributed by atoms with Gasteiger partial charge in [0.15, 0.2) is 0 Å². The average Bonchev–Trinajstić information content (AvgIpc) is 2.91. The van der Waals surface area contributed by atoms with Crippen LogP contribution in [0.2, 0.25) is 0 Å². The molecule has 228 valence electrons. The summed E-state index contributed by atoms with van der Waals surface area (Å²) in [7, 11) is 0. The van der Waals surface area contributed by atoms with Gasteiger partial charge in [0.1, 0.15) is 23.0 Å². The molecular weight excluding hydrogens is 570 g/mol. The number of hydrogen-bond acceptors (Lipinski definition) is 5. The quantitative estimate of drug-likeness (QED) is 0.149. The van der Waals surface area contributed by atoms with Crippen molar-refractivity contribution in [2.24, 2.45) is 0 Å². The van der Waals surface area contributed by atoms with Crippen LogP contribution in [0.5, 0.6) is 23.0 Å². The zero-order chi connectivity index (χ0) is 31.1. The van der Waals surface area contributed by atoms with Gasteiger partial charge in [-0.1, -0.05) is 99.5 Å². The molecule has 0 aromatic heterocycles. The van der Waals surface area contributed by atoms with Crippen LogP contribution in [-0.2, 0) is 41.4 Å². The second-order valence-electron chi connectivity index (χ2n) is 12.0. The Morgan fingerprint density at radius 2 is 0.953 bits per heavy atom. The van der Waals surface area contributed by atoms with E-state index in [9.17, 15) is 20.4 Å². The number of nitrogens with zero attached hydrogens (tertiary/aromatic N) is 1. The number of phenolic OH excluding ortho intramolecular Hbond substituents is 4. The molecule has 4 rings (SSSR count). The summed E-state index contributed by atoms with van der Waals surface area (Å²) in [5.41, 5.74) is 8.44. The van der Waals surface area contributed by atoms with Gasteiger partial charge in [-0.15, -0.1) is 0 Å². The van der Waals surface area contributed by atoms with E-state index in [1.165, 1.54) is 0 Å². The SMILES string of the molecule is CC(C)c1cccc(C(C)C)c1O.Cc1cc(C)c(O)c(CN(Cc2ccccc2O)Cc2cc(C)cc(C)c2O)c1.[Ti]. The predicted molar refractivity (Wildman–Crippen MR) is 173 cm³/mol. The maximum absolute atomic E-state index is 10.6. The summed E-state index contributed by atoms with van der Waals surface area (Å²) in [5, 5.41) is 41.3. The van der Waals surface area contributed by atoms with Crippen LogP contribution in [0.15, 0.2) is 66.7 Å². The van der Waals surface area contributed by atoms with Gasteiger partial charge in [-0.25, -0.2) is 0 Å². The molecule has 0 spiro atoms. The summed E-state index contributed by atoms with van der Waals surface area (Å²) in [5.74, 6) is 2.08. The fourth-order valence-electron chi connectivity index (χ4n) is 5.38. The number of rotatable bonds is 8. The van der Waals surface area contributed by atoms with Crippen molar-refractivity contribution >= 4 is 0 Å². The first-order chi connectivity index (χ1) is 19.8. The van der Waals surface area contributed by atoms with Crippen molar-refractivity contribution in [3.8, 4) is 23.0 Å². The van der Waals surface area contributed by atoms with Crippen molar-refractivity contribution in [3.05, 3.63) is 117 Å². The normalized spacial score (nSPS) is 11.0. The molecule has 0 aliphatic carbocycles. The van der Waals surface area contributed by atoms with E-state index in [4.69, 9.17) is 0 Å². The molecule has 0 bridgehead atoms. The Morgan fingerprint density at radius 3 is 1.37 bits per heavy atom. The summed E-state index contributed by atoms with van der Waals surface area (Å²) in [4.78, 5) is 2.12. The Hall–Kier alpha value is -3.25. The second-order valence-corrected chi connectivity index (χ2v) is 12.0. The molecule has 4 N–H and O–H groups in total. The molecule has 0 aliphatic rings. The number of benzene rings is 4. The number of phenols is 4. The fraction of sp³-hybridized carbons (Fsp3) is 0.351. The summed E-state index contributed by atoms with van der Waals surface area (Å²) in [6.07, 6.45) is 0. The van der Waals surface area contributed by atoms with Crippen molar-refractivity contribution in [2.45, 2.75) is 86.9 Å². The first kappa shape index (κ1) is 35.9. The van der Waals surface area contributed by atoms with Gasteiger partial charge < -0.3 is 20.4 Å². The van der Waals surface area contributed by atoms with Crippen molar-refractivity contribution < 1.29 is 42.1 Å². The van der Waals surface area contributed by atoms with Gasteiger partial charge in [-0.05, 0) is 67.9 Å². The van der Waals surface area contributed by atoms with Crippen LogP contribution in [0.4, 0.5) is 0 Å².